The number of carbonyl (C=O) groups excluding carboxylic acids is 2. The molecule has 2 heterocycles. The molecule has 3 rings (SSSR count). The highest BCUT2D eigenvalue weighted by Gasteiger charge is 2.23. The Labute approximate surface area is 152 Å². The molecular formula is C19H21N3O2S. The standard InChI is InChI=1S/C19H21N3O2S/c1-25-17-5-3-15(4-6-17)18(23)21-11-2-12-22(14-13-21)19(24)16-7-9-20-10-8-16/h3-10H,2,11-14H2,1H3. The van der Waals surface area contributed by atoms with Gasteiger partial charge in [-0.25, -0.2) is 0 Å². The Morgan fingerprint density at radius 2 is 1.36 bits per heavy atom. The molecule has 1 aromatic heterocycles. The summed E-state index contributed by atoms with van der Waals surface area (Å²) in [6.45, 7) is 2.44. The zero-order valence-electron chi connectivity index (χ0n) is 14.2. The molecule has 0 atom stereocenters. The first-order valence-corrected chi connectivity index (χ1v) is 9.54. The summed E-state index contributed by atoms with van der Waals surface area (Å²) in [5.41, 5.74) is 1.34. The predicted molar refractivity (Wildman–Crippen MR) is 98.9 cm³/mol. The first kappa shape index (κ1) is 17.5. The Balaban J connectivity index is 1.64. The van der Waals surface area contributed by atoms with Crippen molar-refractivity contribution < 1.29 is 9.59 Å². The minimum Gasteiger partial charge on any atom is -0.337 e. The molecule has 5 nitrogen and oxygen atoms in total. The van der Waals surface area contributed by atoms with Crippen molar-refractivity contribution in [2.75, 3.05) is 32.4 Å². The Morgan fingerprint density at radius 1 is 0.840 bits per heavy atom. The summed E-state index contributed by atoms with van der Waals surface area (Å²) < 4.78 is 0. The van der Waals surface area contributed by atoms with Gasteiger partial charge in [-0.2, -0.15) is 0 Å². The number of aromatic nitrogens is 1. The van der Waals surface area contributed by atoms with Crippen LogP contribution in [0.25, 0.3) is 0 Å². The van der Waals surface area contributed by atoms with Gasteiger partial charge in [0.05, 0.1) is 0 Å². The van der Waals surface area contributed by atoms with Crippen LogP contribution < -0.4 is 0 Å². The Kier molecular flexibility index (Phi) is 5.71. The van der Waals surface area contributed by atoms with Crippen LogP contribution in [0.1, 0.15) is 27.1 Å². The lowest BCUT2D eigenvalue weighted by Crippen LogP contribution is -2.37. The number of nitrogens with zero attached hydrogens (tertiary/aromatic N) is 3. The molecule has 0 aliphatic carbocycles. The molecule has 25 heavy (non-hydrogen) atoms. The van der Waals surface area contributed by atoms with E-state index in [-0.39, 0.29) is 11.8 Å². The fourth-order valence-electron chi connectivity index (χ4n) is 2.92. The molecule has 1 aliphatic heterocycles. The summed E-state index contributed by atoms with van der Waals surface area (Å²) in [6.07, 6.45) is 6.05. The van der Waals surface area contributed by atoms with Crippen molar-refractivity contribution in [2.24, 2.45) is 0 Å². The van der Waals surface area contributed by atoms with Gasteiger partial charge >= 0.3 is 0 Å². The second kappa shape index (κ2) is 8.16. The summed E-state index contributed by atoms with van der Waals surface area (Å²) in [5.74, 6) is 0.0342. The van der Waals surface area contributed by atoms with Crippen LogP contribution in [0.3, 0.4) is 0 Å². The van der Waals surface area contributed by atoms with Crippen molar-refractivity contribution in [1.82, 2.24) is 14.8 Å². The summed E-state index contributed by atoms with van der Waals surface area (Å²) in [5, 5.41) is 0. The fraction of sp³-hybridized carbons (Fsp3) is 0.316. The van der Waals surface area contributed by atoms with E-state index < -0.39 is 0 Å². The van der Waals surface area contributed by atoms with E-state index >= 15 is 0 Å². The highest BCUT2D eigenvalue weighted by molar-refractivity contribution is 7.98. The average molecular weight is 355 g/mol. The van der Waals surface area contributed by atoms with E-state index in [1.54, 1.807) is 36.3 Å². The molecule has 0 radical (unpaired) electrons. The van der Waals surface area contributed by atoms with Crippen molar-refractivity contribution in [1.29, 1.82) is 0 Å². The van der Waals surface area contributed by atoms with E-state index in [2.05, 4.69) is 4.98 Å². The van der Waals surface area contributed by atoms with Gasteiger partial charge in [-0.3, -0.25) is 14.6 Å². The largest absolute Gasteiger partial charge is 0.337 e. The molecule has 6 heteroatoms. The molecule has 0 N–H and O–H groups in total. The van der Waals surface area contributed by atoms with E-state index in [0.717, 1.165) is 11.3 Å². The van der Waals surface area contributed by atoms with Gasteiger partial charge in [0, 0.05) is 54.6 Å². The van der Waals surface area contributed by atoms with E-state index in [0.29, 0.717) is 37.3 Å². The lowest BCUT2D eigenvalue weighted by Gasteiger charge is -2.22. The van der Waals surface area contributed by atoms with Crippen molar-refractivity contribution in [3.63, 3.8) is 0 Å². The van der Waals surface area contributed by atoms with Crippen LogP contribution in [-0.2, 0) is 0 Å². The van der Waals surface area contributed by atoms with Crippen LogP contribution in [0.4, 0.5) is 0 Å². The van der Waals surface area contributed by atoms with Gasteiger partial charge in [-0.15, -0.1) is 11.8 Å². The maximum Gasteiger partial charge on any atom is 0.254 e. The van der Waals surface area contributed by atoms with Gasteiger partial charge < -0.3 is 9.80 Å². The Hall–Kier alpha value is -2.34. The third kappa shape index (κ3) is 4.20. The van der Waals surface area contributed by atoms with Gasteiger partial charge in [0.25, 0.3) is 11.8 Å². The van der Waals surface area contributed by atoms with Gasteiger partial charge in [-0.1, -0.05) is 0 Å². The quantitative estimate of drug-likeness (QED) is 0.795. The second-order valence-electron chi connectivity index (χ2n) is 5.90. The van der Waals surface area contributed by atoms with Crippen molar-refractivity contribution in [3.05, 3.63) is 59.9 Å². The van der Waals surface area contributed by atoms with E-state index in [4.69, 9.17) is 0 Å². The van der Waals surface area contributed by atoms with E-state index in [1.165, 1.54) is 0 Å². The van der Waals surface area contributed by atoms with E-state index in [1.807, 2.05) is 40.3 Å². The van der Waals surface area contributed by atoms with Crippen molar-refractivity contribution in [2.45, 2.75) is 11.3 Å². The molecule has 0 bridgehead atoms. The van der Waals surface area contributed by atoms with Crippen LogP contribution in [0.15, 0.2) is 53.7 Å². The monoisotopic (exact) mass is 355 g/mol. The summed E-state index contributed by atoms with van der Waals surface area (Å²) >= 11 is 1.66. The molecule has 1 aliphatic rings. The van der Waals surface area contributed by atoms with Crippen LogP contribution in [0.2, 0.25) is 0 Å². The minimum absolute atomic E-state index is 0.000947. The molecule has 1 fully saturated rings. The molecule has 2 amide bonds. The molecule has 1 saturated heterocycles. The highest BCUT2D eigenvalue weighted by atomic mass is 32.2. The van der Waals surface area contributed by atoms with Crippen molar-refractivity contribution in [3.8, 4) is 0 Å². The van der Waals surface area contributed by atoms with Gasteiger partial charge in [0.2, 0.25) is 0 Å². The Morgan fingerprint density at radius 3 is 1.88 bits per heavy atom. The second-order valence-corrected chi connectivity index (χ2v) is 6.78. The predicted octanol–water partition coefficient (Wildman–Crippen LogP) is 2.79. The first-order valence-electron chi connectivity index (χ1n) is 8.31. The Bertz CT molecular complexity index is 734. The lowest BCUT2D eigenvalue weighted by molar-refractivity contribution is 0.0718. The third-order valence-corrected chi connectivity index (χ3v) is 5.08. The van der Waals surface area contributed by atoms with Crippen molar-refractivity contribution >= 4 is 23.6 Å². The molecule has 0 saturated carbocycles. The SMILES string of the molecule is CSc1ccc(C(=O)N2CCCN(C(=O)c3ccncc3)CC2)cc1. The number of thioether (sulfide) groups is 1. The van der Waals surface area contributed by atoms with E-state index in [9.17, 15) is 9.59 Å². The fourth-order valence-corrected chi connectivity index (χ4v) is 3.33. The average Bonchev–Trinajstić information content (AvgIpc) is 2.94. The van der Waals surface area contributed by atoms with Gasteiger partial charge in [0.1, 0.15) is 0 Å². The first-order chi connectivity index (χ1) is 12.2. The molecule has 130 valence electrons. The highest BCUT2D eigenvalue weighted by Crippen LogP contribution is 2.17. The molecule has 2 aromatic rings. The normalized spacial score (nSPS) is 14.9. The number of amides is 2. The van der Waals surface area contributed by atoms with Crippen LogP contribution in [-0.4, -0.2) is 59.0 Å². The zero-order valence-corrected chi connectivity index (χ0v) is 15.0. The lowest BCUT2D eigenvalue weighted by atomic mass is 10.2. The zero-order chi connectivity index (χ0) is 17.6. The number of hydrogen-bond acceptors (Lipinski definition) is 4. The summed E-state index contributed by atoms with van der Waals surface area (Å²) in [4.78, 5) is 34.0. The van der Waals surface area contributed by atoms with Crippen LogP contribution in [0, 0.1) is 0 Å². The molecular weight excluding hydrogens is 334 g/mol. The maximum atomic E-state index is 12.7. The number of carbonyl (C=O) groups is 2. The summed E-state index contributed by atoms with van der Waals surface area (Å²) in [7, 11) is 0. The smallest absolute Gasteiger partial charge is 0.254 e. The molecule has 0 spiro atoms. The molecule has 0 unspecified atom stereocenters. The maximum absolute atomic E-state index is 12.7. The van der Waals surface area contributed by atoms with Gasteiger partial charge in [0.15, 0.2) is 0 Å². The van der Waals surface area contributed by atoms with Crippen LogP contribution in [0.5, 0.6) is 0 Å². The third-order valence-electron chi connectivity index (χ3n) is 4.33. The molecule has 1 aromatic carbocycles. The summed E-state index contributed by atoms with van der Waals surface area (Å²) in [6, 6.07) is 11.1. The number of pyridine rings is 1. The topological polar surface area (TPSA) is 53.5 Å². The number of benzene rings is 1. The van der Waals surface area contributed by atoms with Crippen LogP contribution >= 0.6 is 11.8 Å². The minimum atomic E-state index is 0.000947. The number of hydrogen-bond donors (Lipinski definition) is 0. The van der Waals surface area contributed by atoms with Gasteiger partial charge in [-0.05, 0) is 49.1 Å². The number of rotatable bonds is 3.